The molecule has 5 rings (SSSR count). The van der Waals surface area contributed by atoms with Crippen molar-refractivity contribution in [3.63, 3.8) is 0 Å². The van der Waals surface area contributed by atoms with E-state index in [-0.39, 0.29) is 49.0 Å². The molecule has 0 spiro atoms. The molecule has 0 aliphatic carbocycles. The van der Waals surface area contributed by atoms with Crippen LogP contribution in [0.5, 0.6) is 0 Å². The standard InChI is InChI=1S/C24H23FN4O4.C2HF3O2/c25-17-4-1-14(2-5-17)20-12-26-9-10-28(20)23(32)15-3-6-18-16(11-15)13-29(24(18)33)19-7-8-21(30)27-22(19)31;3-2(4,5)1(6)7/h1-6,11,19-20,26H,7-10,12-13H2,(H,27,30,31);(H,6,7). The van der Waals surface area contributed by atoms with Crippen LogP contribution in [0.4, 0.5) is 17.6 Å². The average molecular weight is 564 g/mol. The molecule has 2 unspecified atom stereocenters. The molecule has 3 aliphatic heterocycles. The Bertz CT molecular complexity index is 1350. The number of piperidine rings is 1. The summed E-state index contributed by atoms with van der Waals surface area (Å²) >= 11 is 0. The highest BCUT2D eigenvalue weighted by Gasteiger charge is 2.40. The SMILES string of the molecule is O=C(O)C(F)(F)F.O=C1CCC(N2Cc3cc(C(=O)N4CCNCC4c4ccc(F)cc4)ccc3C2=O)C(=O)N1. The lowest BCUT2D eigenvalue weighted by Crippen LogP contribution is -2.52. The van der Waals surface area contributed by atoms with E-state index in [1.807, 2.05) is 0 Å². The molecule has 2 aromatic rings. The molecule has 40 heavy (non-hydrogen) atoms. The Labute approximate surface area is 224 Å². The molecule has 14 heteroatoms. The van der Waals surface area contributed by atoms with E-state index < -0.39 is 24.1 Å². The van der Waals surface area contributed by atoms with Crippen molar-refractivity contribution in [2.45, 2.75) is 37.6 Å². The zero-order valence-corrected chi connectivity index (χ0v) is 20.8. The Morgan fingerprint density at radius 2 is 1.68 bits per heavy atom. The number of carboxylic acids is 1. The van der Waals surface area contributed by atoms with Gasteiger partial charge >= 0.3 is 12.1 Å². The highest BCUT2D eigenvalue weighted by atomic mass is 19.4. The van der Waals surface area contributed by atoms with Crippen molar-refractivity contribution in [2.75, 3.05) is 19.6 Å². The Hall–Kier alpha value is -4.33. The fourth-order valence-corrected chi connectivity index (χ4v) is 4.80. The number of hydrogen-bond donors (Lipinski definition) is 3. The van der Waals surface area contributed by atoms with E-state index in [0.29, 0.717) is 36.3 Å². The zero-order chi connectivity index (χ0) is 29.2. The van der Waals surface area contributed by atoms with E-state index in [4.69, 9.17) is 9.90 Å². The summed E-state index contributed by atoms with van der Waals surface area (Å²) in [5.41, 5.74) is 2.45. The maximum absolute atomic E-state index is 13.4. The average Bonchev–Trinajstić information content (AvgIpc) is 3.24. The quantitative estimate of drug-likeness (QED) is 0.383. The number of alkyl halides is 3. The minimum Gasteiger partial charge on any atom is -0.475 e. The first-order valence-corrected chi connectivity index (χ1v) is 12.2. The first-order valence-electron chi connectivity index (χ1n) is 12.2. The van der Waals surface area contributed by atoms with E-state index >= 15 is 0 Å². The molecule has 10 nitrogen and oxygen atoms in total. The summed E-state index contributed by atoms with van der Waals surface area (Å²) in [6.45, 7) is 1.92. The summed E-state index contributed by atoms with van der Waals surface area (Å²) < 4.78 is 45.1. The molecule has 2 fully saturated rings. The van der Waals surface area contributed by atoms with Gasteiger partial charge in [0.1, 0.15) is 11.9 Å². The van der Waals surface area contributed by atoms with Crippen molar-refractivity contribution in [3.8, 4) is 0 Å². The third kappa shape index (κ3) is 6.11. The number of nitrogens with zero attached hydrogens (tertiary/aromatic N) is 2. The van der Waals surface area contributed by atoms with Crippen LogP contribution in [0.15, 0.2) is 42.5 Å². The number of carbonyl (C=O) groups excluding carboxylic acids is 4. The number of aliphatic carboxylic acids is 1. The molecule has 3 heterocycles. The molecule has 2 atom stereocenters. The summed E-state index contributed by atoms with van der Waals surface area (Å²) in [7, 11) is 0. The van der Waals surface area contributed by atoms with Crippen LogP contribution in [0, 0.1) is 5.82 Å². The smallest absolute Gasteiger partial charge is 0.475 e. The molecule has 0 aromatic heterocycles. The molecular formula is C26H24F4N4O6. The van der Waals surface area contributed by atoms with E-state index in [1.165, 1.54) is 17.0 Å². The van der Waals surface area contributed by atoms with Crippen LogP contribution >= 0.6 is 0 Å². The third-order valence-electron chi connectivity index (χ3n) is 6.77. The van der Waals surface area contributed by atoms with Gasteiger partial charge in [-0.05, 0) is 47.9 Å². The van der Waals surface area contributed by atoms with Gasteiger partial charge in [-0.25, -0.2) is 9.18 Å². The van der Waals surface area contributed by atoms with Gasteiger partial charge in [0.25, 0.3) is 11.8 Å². The lowest BCUT2D eigenvalue weighted by Gasteiger charge is -2.36. The van der Waals surface area contributed by atoms with Crippen LogP contribution in [-0.4, -0.2) is 76.4 Å². The number of imide groups is 1. The molecule has 2 saturated heterocycles. The predicted octanol–water partition coefficient (Wildman–Crippen LogP) is 2.01. The number of benzene rings is 2. The molecule has 0 saturated carbocycles. The van der Waals surface area contributed by atoms with Crippen molar-refractivity contribution in [1.29, 1.82) is 0 Å². The van der Waals surface area contributed by atoms with Gasteiger partial charge in [0.2, 0.25) is 11.8 Å². The topological polar surface area (TPSA) is 136 Å². The number of rotatable bonds is 3. The number of carbonyl (C=O) groups is 5. The lowest BCUT2D eigenvalue weighted by molar-refractivity contribution is -0.192. The minimum absolute atomic E-state index is 0.166. The van der Waals surface area contributed by atoms with Gasteiger partial charge < -0.3 is 20.2 Å². The number of fused-ring (bicyclic) bond motifs is 1. The number of amides is 4. The van der Waals surface area contributed by atoms with Crippen molar-refractivity contribution in [3.05, 3.63) is 70.5 Å². The fourth-order valence-electron chi connectivity index (χ4n) is 4.80. The molecule has 0 bridgehead atoms. The van der Waals surface area contributed by atoms with Crippen molar-refractivity contribution in [2.24, 2.45) is 0 Å². The van der Waals surface area contributed by atoms with E-state index in [0.717, 1.165) is 5.56 Å². The Balaban J connectivity index is 0.000000470. The van der Waals surface area contributed by atoms with Crippen molar-refractivity contribution >= 4 is 29.6 Å². The van der Waals surface area contributed by atoms with Crippen LogP contribution in [0.3, 0.4) is 0 Å². The van der Waals surface area contributed by atoms with Gasteiger partial charge in [-0.2, -0.15) is 13.2 Å². The van der Waals surface area contributed by atoms with Crippen LogP contribution in [0.2, 0.25) is 0 Å². The number of halogens is 4. The zero-order valence-electron chi connectivity index (χ0n) is 20.8. The van der Waals surface area contributed by atoms with Crippen LogP contribution in [0.1, 0.15) is 50.7 Å². The number of hydrogen-bond acceptors (Lipinski definition) is 6. The number of piperazine rings is 1. The van der Waals surface area contributed by atoms with Crippen LogP contribution in [-0.2, 0) is 20.9 Å². The summed E-state index contributed by atoms with van der Waals surface area (Å²) in [6.07, 6.45) is -4.61. The largest absolute Gasteiger partial charge is 0.490 e. The van der Waals surface area contributed by atoms with E-state index in [1.54, 1.807) is 35.2 Å². The van der Waals surface area contributed by atoms with Gasteiger partial charge in [0.05, 0.1) is 6.04 Å². The van der Waals surface area contributed by atoms with Crippen molar-refractivity contribution < 1.29 is 46.6 Å². The monoisotopic (exact) mass is 564 g/mol. The third-order valence-corrected chi connectivity index (χ3v) is 6.77. The minimum atomic E-state index is -5.08. The number of nitrogens with one attached hydrogen (secondary N) is 2. The van der Waals surface area contributed by atoms with Gasteiger partial charge in [-0.3, -0.25) is 24.5 Å². The number of carboxylic acid groups (broad SMARTS) is 1. The van der Waals surface area contributed by atoms with Crippen LogP contribution in [0.25, 0.3) is 0 Å². The Morgan fingerprint density at radius 1 is 1.00 bits per heavy atom. The molecular weight excluding hydrogens is 540 g/mol. The maximum Gasteiger partial charge on any atom is 0.490 e. The Kier molecular flexibility index (Phi) is 8.18. The van der Waals surface area contributed by atoms with Gasteiger partial charge in [0.15, 0.2) is 0 Å². The summed E-state index contributed by atoms with van der Waals surface area (Å²) in [4.78, 5) is 62.1. The molecule has 2 aromatic carbocycles. The van der Waals surface area contributed by atoms with Gasteiger partial charge in [-0.15, -0.1) is 0 Å². The van der Waals surface area contributed by atoms with E-state index in [9.17, 15) is 36.7 Å². The summed E-state index contributed by atoms with van der Waals surface area (Å²) in [5, 5.41) is 12.7. The predicted molar refractivity (Wildman–Crippen MR) is 129 cm³/mol. The molecule has 0 radical (unpaired) electrons. The van der Waals surface area contributed by atoms with Crippen LogP contribution < -0.4 is 10.6 Å². The second kappa shape index (κ2) is 11.4. The molecule has 3 aliphatic rings. The highest BCUT2D eigenvalue weighted by molar-refractivity contribution is 6.06. The first-order chi connectivity index (χ1) is 18.9. The van der Waals surface area contributed by atoms with Gasteiger partial charge in [0, 0.05) is 43.7 Å². The fraction of sp³-hybridized carbons (Fsp3) is 0.346. The first kappa shape index (κ1) is 28.7. The second-order valence-corrected chi connectivity index (χ2v) is 9.34. The lowest BCUT2D eigenvalue weighted by atomic mass is 10.0. The Morgan fingerprint density at radius 3 is 2.30 bits per heavy atom. The van der Waals surface area contributed by atoms with Gasteiger partial charge in [-0.1, -0.05) is 12.1 Å². The maximum atomic E-state index is 13.4. The molecule has 212 valence electrons. The summed E-state index contributed by atoms with van der Waals surface area (Å²) in [5.74, 6) is -4.33. The van der Waals surface area contributed by atoms with Crippen molar-refractivity contribution in [1.82, 2.24) is 20.4 Å². The second-order valence-electron chi connectivity index (χ2n) is 9.34. The normalized spacial score (nSPS) is 20.9. The highest BCUT2D eigenvalue weighted by Crippen LogP contribution is 2.30. The summed E-state index contributed by atoms with van der Waals surface area (Å²) in [6, 6.07) is 10.2. The molecule has 3 N–H and O–H groups in total. The molecule has 4 amide bonds. The van der Waals surface area contributed by atoms with E-state index in [2.05, 4.69) is 10.6 Å².